The van der Waals surface area contributed by atoms with Crippen molar-refractivity contribution in [3.05, 3.63) is 72.8 Å². The average molecular weight is 794 g/mol. The number of nitrogens with zero attached hydrogens (tertiary/aromatic N) is 4. The highest BCUT2D eigenvalue weighted by molar-refractivity contribution is 7.86. The normalized spacial score (nSPS) is 13.0. The molecule has 0 radical (unpaired) electrons. The summed E-state index contributed by atoms with van der Waals surface area (Å²) in [5.41, 5.74) is 15.3. The first kappa shape index (κ1) is 37.7. The Kier molecular flexibility index (Phi) is 9.54. The molecule has 5 rings (SSSR count). The zero-order chi connectivity index (χ0) is 38.6. The number of anilines is 3. The SMILES string of the molecule is Nc1ccc(N=Nc2ccc(-c3ccc(N=Nc4c(S(=O)(=O)O)cc5cc(S(=O)(=O)O)cc(O)c5c4N)cc3S(=O)(=O)O)c(S(=O)(=O)O)c2)c(N)c1. The van der Waals surface area contributed by atoms with Crippen LogP contribution in [0.4, 0.5) is 39.8 Å². The highest BCUT2D eigenvalue weighted by Crippen LogP contribution is 2.44. The fraction of sp³-hybridized carbons (Fsp3) is 0. The number of phenols is 1. The molecule has 0 saturated heterocycles. The second kappa shape index (κ2) is 13.2. The van der Waals surface area contributed by atoms with Crippen molar-refractivity contribution in [3.63, 3.8) is 0 Å². The van der Waals surface area contributed by atoms with E-state index >= 15 is 0 Å². The van der Waals surface area contributed by atoms with Crippen molar-refractivity contribution in [3.8, 4) is 16.9 Å². The van der Waals surface area contributed by atoms with Crippen LogP contribution in [0.5, 0.6) is 5.75 Å². The van der Waals surface area contributed by atoms with Crippen molar-refractivity contribution in [1.29, 1.82) is 0 Å². The number of aromatic hydroxyl groups is 1. The van der Waals surface area contributed by atoms with Crippen LogP contribution in [0.15, 0.2) is 113 Å². The maximum atomic E-state index is 12.5. The molecule has 0 aliphatic carbocycles. The molecule has 5 aromatic rings. The van der Waals surface area contributed by atoms with E-state index in [0.29, 0.717) is 23.9 Å². The number of nitrogens with two attached hydrogens (primary N) is 3. The van der Waals surface area contributed by atoms with Crippen LogP contribution in [0.3, 0.4) is 0 Å². The monoisotopic (exact) mass is 793 g/mol. The Morgan fingerprint density at radius 3 is 1.52 bits per heavy atom. The molecule has 20 nitrogen and oxygen atoms in total. The molecule has 0 bridgehead atoms. The van der Waals surface area contributed by atoms with Gasteiger partial charge in [0.05, 0.1) is 27.6 Å². The average Bonchev–Trinajstić information content (AvgIpc) is 3.01. The fourth-order valence-electron chi connectivity index (χ4n) is 4.84. The number of nitrogen functional groups attached to an aromatic ring is 3. The first-order chi connectivity index (χ1) is 23.9. The van der Waals surface area contributed by atoms with Crippen molar-refractivity contribution in [2.45, 2.75) is 19.6 Å². The number of hydrogen-bond donors (Lipinski definition) is 8. The molecule has 0 atom stereocenters. The highest BCUT2D eigenvalue weighted by atomic mass is 32.2. The van der Waals surface area contributed by atoms with Crippen molar-refractivity contribution in [1.82, 2.24) is 0 Å². The highest BCUT2D eigenvalue weighted by Gasteiger charge is 2.26. The molecule has 272 valence electrons. The van der Waals surface area contributed by atoms with Gasteiger partial charge in [-0.3, -0.25) is 18.2 Å². The Balaban J connectivity index is 1.64. The molecular formula is C28H23N7O13S4. The van der Waals surface area contributed by atoms with Gasteiger partial charge in [0.15, 0.2) is 0 Å². The van der Waals surface area contributed by atoms with Crippen LogP contribution >= 0.6 is 0 Å². The summed E-state index contributed by atoms with van der Waals surface area (Å²) in [6.45, 7) is 0. The van der Waals surface area contributed by atoms with Gasteiger partial charge in [0.1, 0.15) is 31.8 Å². The van der Waals surface area contributed by atoms with Crippen LogP contribution in [-0.2, 0) is 40.5 Å². The molecule has 52 heavy (non-hydrogen) atoms. The Hall–Kier alpha value is -5.60. The van der Waals surface area contributed by atoms with Crippen LogP contribution < -0.4 is 17.2 Å². The minimum absolute atomic E-state index is 0.130. The summed E-state index contributed by atoms with van der Waals surface area (Å²) >= 11 is 0. The summed E-state index contributed by atoms with van der Waals surface area (Å²) in [6.07, 6.45) is 0. The first-order valence-electron chi connectivity index (χ1n) is 13.7. The van der Waals surface area contributed by atoms with E-state index in [1.807, 2.05) is 0 Å². The number of benzene rings is 5. The molecule has 0 heterocycles. The molecule has 11 N–H and O–H groups in total. The quantitative estimate of drug-likeness (QED) is 0.0565. The molecule has 0 unspecified atom stereocenters. The lowest BCUT2D eigenvalue weighted by atomic mass is 10.0. The van der Waals surface area contributed by atoms with Gasteiger partial charge >= 0.3 is 0 Å². The number of azo groups is 2. The number of phenolic OH excluding ortho intramolecular Hbond substituents is 1. The molecule has 0 fully saturated rings. The standard InChI is InChI=1S/C28H23N7O13S4/c29-14-1-6-21(20(30)9-14)34-32-15-2-4-18(23(10-15)50(40,41)42)19-5-3-16(11-24(19)51(43,44)45)33-35-28-25(52(46,47)48)8-13-7-17(49(37,38)39)12-22(36)26(13)27(28)31/h1-12,36H,29-31H2,(H,37,38,39)(H,40,41,42)(H,43,44,45)(H,46,47,48). The Morgan fingerprint density at radius 2 is 1.04 bits per heavy atom. The van der Waals surface area contributed by atoms with E-state index in [2.05, 4.69) is 20.5 Å². The zero-order valence-electron chi connectivity index (χ0n) is 25.6. The van der Waals surface area contributed by atoms with E-state index in [0.717, 1.165) is 30.3 Å². The largest absolute Gasteiger partial charge is 0.507 e. The Bertz CT molecular complexity index is 2850. The van der Waals surface area contributed by atoms with E-state index in [9.17, 15) is 57.0 Å². The molecular weight excluding hydrogens is 771 g/mol. The smallest absolute Gasteiger partial charge is 0.296 e. The van der Waals surface area contributed by atoms with E-state index in [1.54, 1.807) is 0 Å². The topological polar surface area (TPSA) is 365 Å². The minimum Gasteiger partial charge on any atom is -0.507 e. The third-order valence-electron chi connectivity index (χ3n) is 7.11. The lowest BCUT2D eigenvalue weighted by Gasteiger charge is -2.13. The van der Waals surface area contributed by atoms with Gasteiger partial charge in [-0.25, -0.2) is 0 Å². The number of rotatable bonds is 9. The van der Waals surface area contributed by atoms with Gasteiger partial charge in [0.25, 0.3) is 40.5 Å². The van der Waals surface area contributed by atoms with Gasteiger partial charge in [0, 0.05) is 28.3 Å². The third kappa shape index (κ3) is 7.82. The summed E-state index contributed by atoms with van der Waals surface area (Å²) in [5.74, 6) is -0.851. The van der Waals surface area contributed by atoms with E-state index < -0.39 is 94.0 Å². The van der Waals surface area contributed by atoms with Crippen LogP contribution in [0.25, 0.3) is 21.9 Å². The Labute approximate surface area is 294 Å². The third-order valence-corrected chi connectivity index (χ3v) is 10.6. The van der Waals surface area contributed by atoms with Crippen LogP contribution in [-0.4, -0.2) is 57.0 Å². The van der Waals surface area contributed by atoms with E-state index in [4.69, 9.17) is 17.2 Å². The van der Waals surface area contributed by atoms with Crippen molar-refractivity contribution < 1.29 is 57.0 Å². The van der Waals surface area contributed by atoms with Gasteiger partial charge in [-0.1, -0.05) is 12.1 Å². The van der Waals surface area contributed by atoms with Gasteiger partial charge in [0.2, 0.25) is 0 Å². The van der Waals surface area contributed by atoms with Crippen molar-refractivity contribution in [2.24, 2.45) is 20.5 Å². The van der Waals surface area contributed by atoms with Gasteiger partial charge in [-0.2, -0.15) is 43.9 Å². The summed E-state index contributed by atoms with van der Waals surface area (Å²) < 4.78 is 137. The predicted molar refractivity (Wildman–Crippen MR) is 185 cm³/mol. The molecule has 0 saturated carbocycles. The maximum absolute atomic E-state index is 12.5. The summed E-state index contributed by atoms with van der Waals surface area (Å²) in [5, 5.41) is 24.9. The van der Waals surface area contributed by atoms with Crippen LogP contribution in [0, 0.1) is 0 Å². The van der Waals surface area contributed by atoms with Crippen molar-refractivity contribution in [2.75, 3.05) is 17.2 Å². The minimum atomic E-state index is -5.21. The molecule has 5 aromatic carbocycles. The Morgan fingerprint density at radius 1 is 0.519 bits per heavy atom. The summed E-state index contributed by atoms with van der Waals surface area (Å²) in [6, 6.07) is 12.2. The van der Waals surface area contributed by atoms with Gasteiger partial charge in [-0.15, -0.1) is 10.2 Å². The van der Waals surface area contributed by atoms with E-state index in [1.165, 1.54) is 24.3 Å². The molecule has 0 aliphatic heterocycles. The van der Waals surface area contributed by atoms with E-state index in [-0.39, 0.29) is 27.8 Å². The second-order valence-electron chi connectivity index (χ2n) is 10.7. The fourth-order valence-corrected chi connectivity index (χ4v) is 7.50. The number of fused-ring (bicyclic) bond motifs is 1. The molecule has 0 amide bonds. The molecule has 0 spiro atoms. The summed E-state index contributed by atoms with van der Waals surface area (Å²) in [4.78, 5) is -3.71. The number of hydrogen-bond acceptors (Lipinski definition) is 16. The maximum Gasteiger partial charge on any atom is 0.296 e. The van der Waals surface area contributed by atoms with Crippen LogP contribution in [0.2, 0.25) is 0 Å². The lowest BCUT2D eigenvalue weighted by Crippen LogP contribution is -2.05. The molecule has 0 aliphatic rings. The predicted octanol–water partition coefficient (Wildman–Crippen LogP) is 4.78. The van der Waals surface area contributed by atoms with Crippen LogP contribution in [0.1, 0.15) is 0 Å². The van der Waals surface area contributed by atoms with Gasteiger partial charge in [-0.05, 0) is 60.0 Å². The van der Waals surface area contributed by atoms with Crippen molar-refractivity contribution >= 4 is 91.1 Å². The lowest BCUT2D eigenvalue weighted by molar-refractivity contribution is 0.471. The van der Waals surface area contributed by atoms with Gasteiger partial charge < -0.3 is 22.3 Å². The first-order valence-corrected chi connectivity index (χ1v) is 19.5. The second-order valence-corrected chi connectivity index (χ2v) is 16.2. The molecule has 24 heteroatoms. The molecule has 0 aromatic heterocycles. The summed E-state index contributed by atoms with van der Waals surface area (Å²) in [7, 11) is -20.4. The zero-order valence-corrected chi connectivity index (χ0v) is 28.9.